The lowest BCUT2D eigenvalue weighted by Gasteiger charge is -2.17. The fourth-order valence-electron chi connectivity index (χ4n) is 5.30. The van der Waals surface area contributed by atoms with Gasteiger partial charge in [-0.1, -0.05) is 72.8 Å². The van der Waals surface area contributed by atoms with Crippen molar-refractivity contribution in [1.29, 1.82) is 0 Å². The zero-order valence-electron chi connectivity index (χ0n) is 27.2. The number of benzene rings is 4. The molecule has 0 unspecified atom stereocenters. The molecule has 4 aromatic carbocycles. The van der Waals surface area contributed by atoms with E-state index >= 15 is 0 Å². The van der Waals surface area contributed by atoms with Gasteiger partial charge in [-0.15, -0.1) is 0 Å². The van der Waals surface area contributed by atoms with Crippen LogP contribution in [0.25, 0.3) is 0 Å². The van der Waals surface area contributed by atoms with E-state index in [4.69, 9.17) is 24.0 Å². The summed E-state index contributed by atoms with van der Waals surface area (Å²) >= 11 is 0. The van der Waals surface area contributed by atoms with Crippen LogP contribution in [0.15, 0.2) is 97.1 Å². The number of ether oxygens (including phenoxy) is 3. The van der Waals surface area contributed by atoms with Crippen molar-refractivity contribution in [3.8, 4) is 23.0 Å². The molecule has 0 fully saturated rings. The van der Waals surface area contributed by atoms with Crippen LogP contribution in [0.5, 0.6) is 23.0 Å². The van der Waals surface area contributed by atoms with Crippen molar-refractivity contribution in [1.82, 2.24) is 10.6 Å². The van der Waals surface area contributed by atoms with Crippen LogP contribution in [-0.2, 0) is 18.0 Å². The number of fused-ring (bicyclic) bond motifs is 2. The first kappa shape index (κ1) is 33.3. The molecule has 0 aromatic heterocycles. The van der Waals surface area contributed by atoms with Gasteiger partial charge < -0.3 is 29.7 Å². The molecule has 2 atom stereocenters. The molecule has 0 radical (unpaired) electrons. The summed E-state index contributed by atoms with van der Waals surface area (Å²) in [6.45, 7) is 8.05. The summed E-state index contributed by atoms with van der Waals surface area (Å²) in [6.07, 6.45) is 4.43. The number of hydrogen-bond donors (Lipinski definition) is 2. The lowest BCUT2D eigenvalue weighted by molar-refractivity contribution is -0.208. The maximum absolute atomic E-state index is 6.23. The Morgan fingerprint density at radius 2 is 0.957 bits per heavy atom. The lowest BCUT2D eigenvalue weighted by atomic mass is 10.1. The van der Waals surface area contributed by atoms with E-state index in [-0.39, 0.29) is 12.1 Å². The lowest BCUT2D eigenvalue weighted by Crippen LogP contribution is -2.18. The van der Waals surface area contributed by atoms with Gasteiger partial charge in [0.15, 0.2) is 17.2 Å². The maximum Gasteiger partial charge on any atom is 0.207 e. The fourth-order valence-corrected chi connectivity index (χ4v) is 5.30. The number of rotatable bonds is 8. The molecular formula is C39H48N2O5. The molecule has 1 heterocycles. The molecule has 0 bridgehead atoms. The Hall–Kier alpha value is -4.04. The van der Waals surface area contributed by atoms with Crippen LogP contribution in [0.1, 0.15) is 80.3 Å². The highest BCUT2D eigenvalue weighted by atomic mass is 17.2. The molecule has 46 heavy (non-hydrogen) atoms. The quantitative estimate of drug-likeness (QED) is 0.191. The van der Waals surface area contributed by atoms with E-state index in [1.807, 2.05) is 30.3 Å². The third-order valence-corrected chi connectivity index (χ3v) is 8.17. The highest BCUT2D eigenvalue weighted by Gasteiger charge is 2.12. The number of nitrogens with one attached hydrogen (secondary N) is 2. The van der Waals surface area contributed by atoms with Gasteiger partial charge >= 0.3 is 0 Å². The van der Waals surface area contributed by atoms with Crippen LogP contribution in [0.2, 0.25) is 0 Å². The van der Waals surface area contributed by atoms with Gasteiger partial charge in [0.2, 0.25) is 5.75 Å². The zero-order chi connectivity index (χ0) is 31.8. The van der Waals surface area contributed by atoms with Gasteiger partial charge in [0.05, 0.1) is 26.4 Å². The third-order valence-electron chi connectivity index (χ3n) is 8.17. The van der Waals surface area contributed by atoms with Gasteiger partial charge in [0, 0.05) is 25.2 Å². The van der Waals surface area contributed by atoms with Crippen LogP contribution in [-0.4, -0.2) is 26.4 Å². The normalized spacial score (nSPS) is 16.0. The summed E-state index contributed by atoms with van der Waals surface area (Å²) in [5.41, 5.74) is 4.81. The van der Waals surface area contributed by atoms with Crippen LogP contribution < -0.4 is 29.7 Å². The topological polar surface area (TPSA) is 70.2 Å². The average Bonchev–Trinajstić information content (AvgIpc) is 3.10. The maximum atomic E-state index is 6.23. The van der Waals surface area contributed by atoms with Crippen molar-refractivity contribution in [2.75, 3.05) is 26.4 Å². The van der Waals surface area contributed by atoms with Crippen LogP contribution in [0, 0.1) is 0 Å². The van der Waals surface area contributed by atoms with Crippen molar-refractivity contribution in [3.63, 3.8) is 0 Å². The van der Waals surface area contributed by atoms with Gasteiger partial charge in [0.25, 0.3) is 0 Å². The van der Waals surface area contributed by atoms with E-state index in [1.165, 1.54) is 11.1 Å². The van der Waals surface area contributed by atoms with Crippen LogP contribution >= 0.6 is 0 Å². The number of hydrogen-bond acceptors (Lipinski definition) is 7. The monoisotopic (exact) mass is 624 g/mol. The Labute approximate surface area is 274 Å². The van der Waals surface area contributed by atoms with Crippen molar-refractivity contribution < 1.29 is 24.0 Å². The molecule has 0 saturated carbocycles. The van der Waals surface area contributed by atoms with E-state index in [0.717, 1.165) is 67.8 Å². The van der Waals surface area contributed by atoms with Crippen molar-refractivity contribution in [2.24, 2.45) is 0 Å². The van der Waals surface area contributed by atoms with Crippen LogP contribution in [0.3, 0.4) is 0 Å². The van der Waals surface area contributed by atoms with E-state index < -0.39 is 0 Å². The highest BCUT2D eigenvalue weighted by Crippen LogP contribution is 2.31. The molecule has 5 rings (SSSR count). The Bertz CT molecular complexity index is 1340. The van der Waals surface area contributed by atoms with Gasteiger partial charge in [0.1, 0.15) is 0 Å². The minimum atomic E-state index is 0.239. The molecule has 1 aliphatic rings. The molecule has 0 amide bonds. The van der Waals surface area contributed by atoms with E-state index in [0.29, 0.717) is 37.9 Å². The van der Waals surface area contributed by atoms with Gasteiger partial charge in [-0.05, 0) is 92.5 Å². The fraction of sp³-hybridized carbons (Fsp3) is 0.385. The molecule has 2 N–H and O–H groups in total. The standard InChI is InChI=1S/C39H48N2O5/c1-30(34-14-6-3-7-15-34)40-28-32-18-20-36-38(26-32)43-24-12-13-25-45-46-37-21-19-33(27-39(37)44-23-11-5-10-22-42-36)29-41-31(2)35-16-8-4-9-17-35/h3-4,6-9,14-21,26-27,30-31,40-41H,5,10-13,22-25,28-29H2,1-2H3/t30-,31+/m0/s1. The Morgan fingerprint density at radius 3 is 1.52 bits per heavy atom. The smallest absolute Gasteiger partial charge is 0.207 e. The van der Waals surface area contributed by atoms with Crippen LogP contribution in [0.4, 0.5) is 0 Å². The highest BCUT2D eigenvalue weighted by molar-refractivity contribution is 5.44. The van der Waals surface area contributed by atoms with Gasteiger partial charge in [-0.2, -0.15) is 4.89 Å². The molecule has 4 aromatic rings. The second-order valence-corrected chi connectivity index (χ2v) is 11.8. The first-order valence-corrected chi connectivity index (χ1v) is 16.7. The zero-order valence-corrected chi connectivity index (χ0v) is 27.2. The van der Waals surface area contributed by atoms with Crippen molar-refractivity contribution in [2.45, 2.75) is 71.1 Å². The Balaban J connectivity index is 1.14. The molecular weight excluding hydrogens is 576 g/mol. The minimum absolute atomic E-state index is 0.239. The third kappa shape index (κ3) is 10.5. The Kier molecular flexibility index (Phi) is 13.2. The summed E-state index contributed by atoms with van der Waals surface area (Å²) in [5, 5.41) is 7.21. The predicted molar refractivity (Wildman–Crippen MR) is 182 cm³/mol. The van der Waals surface area contributed by atoms with E-state index in [1.54, 1.807) is 0 Å². The molecule has 7 nitrogen and oxygen atoms in total. The Morgan fingerprint density at radius 1 is 0.500 bits per heavy atom. The van der Waals surface area contributed by atoms with E-state index in [9.17, 15) is 0 Å². The average molecular weight is 625 g/mol. The molecule has 0 aliphatic carbocycles. The summed E-state index contributed by atoms with van der Waals surface area (Å²) in [7, 11) is 0. The molecule has 244 valence electrons. The first-order chi connectivity index (χ1) is 22.7. The van der Waals surface area contributed by atoms with Crippen molar-refractivity contribution in [3.05, 3.63) is 119 Å². The van der Waals surface area contributed by atoms with Crippen molar-refractivity contribution >= 4 is 0 Å². The second kappa shape index (κ2) is 18.2. The molecule has 0 spiro atoms. The largest absolute Gasteiger partial charge is 0.490 e. The predicted octanol–water partition coefficient (Wildman–Crippen LogP) is 8.50. The summed E-state index contributed by atoms with van der Waals surface area (Å²) in [6, 6.07) is 33.7. The van der Waals surface area contributed by atoms with Gasteiger partial charge in [-0.25, -0.2) is 0 Å². The summed E-state index contributed by atoms with van der Waals surface area (Å²) in [5.74, 6) is 2.86. The molecule has 0 saturated heterocycles. The van der Waals surface area contributed by atoms with Gasteiger partial charge in [-0.3, -0.25) is 0 Å². The SMILES string of the molecule is C[C@H](NCc1ccc2c(c1)OCCCCOOc1ccc(CN[C@H](C)c3ccccc3)cc1OCCCCCO2)c1ccccc1. The molecule has 1 aliphatic heterocycles. The minimum Gasteiger partial charge on any atom is -0.490 e. The molecule has 7 heteroatoms. The first-order valence-electron chi connectivity index (χ1n) is 16.7. The summed E-state index contributed by atoms with van der Waals surface area (Å²) < 4.78 is 18.6. The van der Waals surface area contributed by atoms with E-state index in [2.05, 4.69) is 91.2 Å². The summed E-state index contributed by atoms with van der Waals surface area (Å²) in [4.78, 5) is 11.3. The second-order valence-electron chi connectivity index (χ2n) is 11.8.